The quantitative estimate of drug-likeness (QED) is 0.853. The minimum atomic E-state index is -4.46. The van der Waals surface area contributed by atoms with E-state index < -0.39 is 17.8 Å². The predicted octanol–water partition coefficient (Wildman–Crippen LogP) is 4.26. The maximum Gasteiger partial charge on any atom is 0.418 e. The van der Waals surface area contributed by atoms with Gasteiger partial charge in [-0.1, -0.05) is 11.6 Å². The summed E-state index contributed by atoms with van der Waals surface area (Å²) in [6.45, 7) is 3.31. The second kappa shape index (κ2) is 6.73. The molecule has 4 rings (SSSR count). The summed E-state index contributed by atoms with van der Waals surface area (Å²) in [7, 11) is 0. The molecule has 0 amide bonds. The van der Waals surface area contributed by atoms with Gasteiger partial charge in [-0.15, -0.1) is 0 Å². The molecule has 1 aromatic heterocycles. The molecule has 0 saturated carbocycles. The second-order valence-electron chi connectivity index (χ2n) is 7.37. The number of hydrogen-bond donors (Lipinski definition) is 1. The van der Waals surface area contributed by atoms with Crippen molar-refractivity contribution in [2.75, 3.05) is 19.6 Å². The minimum Gasteiger partial charge on any atom is -0.393 e. The van der Waals surface area contributed by atoms with Crippen LogP contribution in [0.5, 0.6) is 0 Å². The maximum atomic E-state index is 13.7. The van der Waals surface area contributed by atoms with Gasteiger partial charge < -0.3 is 14.6 Å². The zero-order valence-corrected chi connectivity index (χ0v) is 15.2. The van der Waals surface area contributed by atoms with Crippen molar-refractivity contribution in [1.29, 1.82) is 0 Å². The molecule has 26 heavy (non-hydrogen) atoms. The Balaban J connectivity index is 1.87. The largest absolute Gasteiger partial charge is 0.418 e. The van der Waals surface area contributed by atoms with Gasteiger partial charge in [0.05, 0.1) is 17.2 Å². The zero-order chi connectivity index (χ0) is 18.5. The molecule has 1 aliphatic carbocycles. The third-order valence-corrected chi connectivity index (χ3v) is 5.86. The molecule has 1 aromatic carbocycles. The van der Waals surface area contributed by atoms with Gasteiger partial charge in [-0.3, -0.25) is 0 Å². The molecule has 1 saturated heterocycles. The number of nitrogens with zero attached hydrogens (tertiary/aromatic N) is 2. The smallest absolute Gasteiger partial charge is 0.393 e. The lowest BCUT2D eigenvalue weighted by molar-refractivity contribution is -0.136. The maximum absolute atomic E-state index is 13.7. The van der Waals surface area contributed by atoms with Crippen LogP contribution in [0, 0.1) is 0 Å². The van der Waals surface area contributed by atoms with Gasteiger partial charge in [0.25, 0.3) is 0 Å². The third-order valence-electron chi connectivity index (χ3n) is 5.64. The fourth-order valence-corrected chi connectivity index (χ4v) is 4.66. The number of aliphatic hydroxyl groups excluding tert-OH is 1. The molecule has 1 atom stereocenters. The van der Waals surface area contributed by atoms with E-state index >= 15 is 0 Å². The minimum absolute atomic E-state index is 0.0874. The lowest BCUT2D eigenvalue weighted by atomic mass is 9.93. The number of likely N-dealkylation sites (tertiary alicyclic amines) is 1. The monoisotopic (exact) mass is 386 g/mol. The van der Waals surface area contributed by atoms with Gasteiger partial charge in [-0.2, -0.15) is 13.2 Å². The molecule has 0 spiro atoms. The number of aromatic nitrogens is 1. The van der Waals surface area contributed by atoms with Gasteiger partial charge in [-0.25, -0.2) is 0 Å². The summed E-state index contributed by atoms with van der Waals surface area (Å²) in [5.74, 6) is 0. The van der Waals surface area contributed by atoms with Crippen molar-refractivity contribution < 1.29 is 18.3 Å². The lowest BCUT2D eigenvalue weighted by Crippen LogP contribution is -2.26. The fraction of sp³-hybridized carbons (Fsp3) is 0.579. The Morgan fingerprint density at radius 1 is 1.15 bits per heavy atom. The van der Waals surface area contributed by atoms with Gasteiger partial charge in [0.15, 0.2) is 0 Å². The highest BCUT2D eigenvalue weighted by molar-refractivity contribution is 6.31. The van der Waals surface area contributed by atoms with E-state index in [0.717, 1.165) is 49.8 Å². The van der Waals surface area contributed by atoms with E-state index in [9.17, 15) is 18.3 Å². The molecule has 2 heterocycles. The van der Waals surface area contributed by atoms with E-state index in [-0.39, 0.29) is 10.5 Å². The van der Waals surface area contributed by atoms with Crippen molar-refractivity contribution in [3.63, 3.8) is 0 Å². The van der Waals surface area contributed by atoms with E-state index in [2.05, 4.69) is 4.90 Å². The number of halogens is 4. The van der Waals surface area contributed by atoms with E-state index in [0.29, 0.717) is 31.2 Å². The lowest BCUT2D eigenvalue weighted by Gasteiger charge is -2.22. The highest BCUT2D eigenvalue weighted by Crippen LogP contribution is 2.42. The summed E-state index contributed by atoms with van der Waals surface area (Å²) in [6.07, 6.45) is -1.09. The summed E-state index contributed by atoms with van der Waals surface area (Å²) in [5.41, 5.74) is 1.30. The van der Waals surface area contributed by atoms with E-state index in [1.165, 1.54) is 0 Å². The zero-order valence-electron chi connectivity index (χ0n) is 14.4. The molecule has 142 valence electrons. The fourth-order valence-electron chi connectivity index (χ4n) is 4.44. The van der Waals surface area contributed by atoms with E-state index in [1.807, 2.05) is 4.57 Å². The van der Waals surface area contributed by atoms with Crippen molar-refractivity contribution >= 4 is 22.5 Å². The molecule has 0 bridgehead atoms. The van der Waals surface area contributed by atoms with Gasteiger partial charge in [-0.05, 0) is 56.5 Å². The molecular formula is C19H22ClF3N2O. The Labute approximate surface area is 155 Å². The van der Waals surface area contributed by atoms with Crippen LogP contribution in [0.15, 0.2) is 12.1 Å². The number of hydrogen-bond acceptors (Lipinski definition) is 2. The van der Waals surface area contributed by atoms with Gasteiger partial charge in [0.2, 0.25) is 0 Å². The van der Waals surface area contributed by atoms with Crippen molar-refractivity contribution in [1.82, 2.24) is 9.47 Å². The van der Waals surface area contributed by atoms with E-state index in [1.54, 1.807) is 6.07 Å². The summed E-state index contributed by atoms with van der Waals surface area (Å²) in [6, 6.07) is 2.65. The number of aliphatic hydroxyl groups is 1. The molecule has 1 unspecified atom stereocenters. The number of alkyl halides is 3. The molecule has 7 heteroatoms. The van der Waals surface area contributed by atoms with Crippen molar-refractivity contribution in [3.8, 4) is 0 Å². The van der Waals surface area contributed by atoms with Crippen molar-refractivity contribution in [2.24, 2.45) is 0 Å². The Kier molecular flexibility index (Phi) is 4.70. The van der Waals surface area contributed by atoms with Crippen LogP contribution >= 0.6 is 11.6 Å². The molecule has 1 N–H and O–H groups in total. The molecule has 0 radical (unpaired) electrons. The highest BCUT2D eigenvalue weighted by Gasteiger charge is 2.37. The molecule has 1 aliphatic heterocycles. The number of fused-ring (bicyclic) bond motifs is 3. The van der Waals surface area contributed by atoms with Crippen LogP contribution in [-0.2, 0) is 25.6 Å². The molecule has 1 fully saturated rings. The van der Waals surface area contributed by atoms with Crippen LogP contribution in [0.3, 0.4) is 0 Å². The Hall–Kier alpha value is -1.24. The first-order valence-corrected chi connectivity index (χ1v) is 9.53. The van der Waals surface area contributed by atoms with Gasteiger partial charge in [0.1, 0.15) is 0 Å². The molecule has 2 aromatic rings. The van der Waals surface area contributed by atoms with E-state index in [4.69, 9.17) is 11.6 Å². The SMILES string of the molecule is OC1CCc2c(c3cc(Cl)cc(C(F)(F)F)c3n2CCN2CCCC2)C1. The predicted molar refractivity (Wildman–Crippen MR) is 95.7 cm³/mol. The normalized spacial score (nSPS) is 21.5. The molecule has 3 nitrogen and oxygen atoms in total. The van der Waals surface area contributed by atoms with Crippen molar-refractivity contribution in [2.45, 2.75) is 50.9 Å². The van der Waals surface area contributed by atoms with Crippen LogP contribution in [0.2, 0.25) is 5.02 Å². The van der Waals surface area contributed by atoms with Crippen molar-refractivity contribution in [3.05, 3.63) is 34.0 Å². The Morgan fingerprint density at radius 3 is 2.58 bits per heavy atom. The summed E-state index contributed by atoms with van der Waals surface area (Å²) >= 11 is 6.02. The van der Waals surface area contributed by atoms with Crippen LogP contribution < -0.4 is 0 Å². The number of benzene rings is 1. The van der Waals surface area contributed by atoms with Gasteiger partial charge in [0, 0.05) is 35.6 Å². The molecular weight excluding hydrogens is 365 g/mol. The average molecular weight is 387 g/mol. The molecule has 2 aliphatic rings. The second-order valence-corrected chi connectivity index (χ2v) is 7.81. The standard InChI is InChI=1S/C19H22ClF3N2O/c20-12-9-15-14-11-13(26)3-4-17(14)25(8-7-24-5-1-2-6-24)18(15)16(10-12)19(21,22)23/h9-10,13,26H,1-8,11H2. The summed E-state index contributed by atoms with van der Waals surface area (Å²) in [5, 5.41) is 10.7. The summed E-state index contributed by atoms with van der Waals surface area (Å²) in [4.78, 5) is 2.30. The third kappa shape index (κ3) is 3.23. The first kappa shape index (κ1) is 18.1. The first-order valence-electron chi connectivity index (χ1n) is 9.15. The topological polar surface area (TPSA) is 28.4 Å². The Bertz CT molecular complexity index is 825. The van der Waals surface area contributed by atoms with Crippen LogP contribution in [0.1, 0.15) is 36.1 Å². The van der Waals surface area contributed by atoms with Crippen LogP contribution in [0.4, 0.5) is 13.2 Å². The Morgan fingerprint density at radius 2 is 1.88 bits per heavy atom. The van der Waals surface area contributed by atoms with Crippen LogP contribution in [-0.4, -0.2) is 40.3 Å². The van der Waals surface area contributed by atoms with Gasteiger partial charge >= 0.3 is 6.18 Å². The number of rotatable bonds is 3. The average Bonchev–Trinajstić information content (AvgIpc) is 3.17. The first-order chi connectivity index (χ1) is 12.3. The van der Waals surface area contributed by atoms with Crippen LogP contribution in [0.25, 0.3) is 10.9 Å². The summed E-state index contributed by atoms with van der Waals surface area (Å²) < 4.78 is 43.0. The highest BCUT2D eigenvalue weighted by atomic mass is 35.5.